The van der Waals surface area contributed by atoms with Crippen LogP contribution in [-0.4, -0.2) is 29.1 Å². The third-order valence-electron chi connectivity index (χ3n) is 5.44. The highest BCUT2D eigenvalue weighted by atomic mass is 35.5. The first-order valence-corrected chi connectivity index (χ1v) is 10.7. The number of halogens is 1. The first-order valence-electron chi connectivity index (χ1n) is 10.4. The molecule has 0 fully saturated rings. The van der Waals surface area contributed by atoms with Crippen molar-refractivity contribution >= 4 is 17.5 Å². The number of amides is 1. The van der Waals surface area contributed by atoms with E-state index in [0.717, 1.165) is 41.2 Å². The van der Waals surface area contributed by atoms with Crippen LogP contribution in [0.15, 0.2) is 53.1 Å². The molecule has 2 heterocycles. The Hall–Kier alpha value is -2.79. The molecule has 1 amide bonds. The van der Waals surface area contributed by atoms with E-state index in [1.807, 2.05) is 41.3 Å². The fourth-order valence-corrected chi connectivity index (χ4v) is 3.79. The molecule has 156 valence electrons. The molecule has 30 heavy (non-hydrogen) atoms. The lowest BCUT2D eigenvalue weighted by molar-refractivity contribution is -0.132. The normalized spacial score (nSPS) is 13.2. The summed E-state index contributed by atoms with van der Waals surface area (Å²) in [6.45, 7) is 3.82. The summed E-state index contributed by atoms with van der Waals surface area (Å²) in [5.41, 5.74) is 4.16. The Morgan fingerprint density at radius 1 is 1.17 bits per heavy atom. The van der Waals surface area contributed by atoms with Crippen LogP contribution in [0, 0.1) is 0 Å². The fraction of sp³-hybridized carbons (Fsp3) is 0.333. The second-order valence-electron chi connectivity index (χ2n) is 7.46. The number of benzene rings is 2. The van der Waals surface area contributed by atoms with Crippen LogP contribution < -0.4 is 4.74 Å². The first-order chi connectivity index (χ1) is 14.6. The van der Waals surface area contributed by atoms with Gasteiger partial charge in [-0.15, -0.1) is 0 Å². The van der Waals surface area contributed by atoms with Gasteiger partial charge >= 0.3 is 0 Å². The zero-order valence-corrected chi connectivity index (χ0v) is 17.8. The predicted molar refractivity (Wildman–Crippen MR) is 117 cm³/mol. The smallest absolute Gasteiger partial charge is 0.223 e. The number of nitrogens with zero attached hydrogens (tertiary/aromatic N) is 2. The van der Waals surface area contributed by atoms with Crippen molar-refractivity contribution < 1.29 is 14.1 Å². The molecule has 0 unspecified atom stereocenters. The summed E-state index contributed by atoms with van der Waals surface area (Å²) >= 11 is 5.97. The number of carbonyl (C=O) groups excluding carboxylic acids is 1. The number of hydrogen-bond donors (Lipinski definition) is 0. The molecule has 3 aromatic rings. The van der Waals surface area contributed by atoms with Gasteiger partial charge in [0, 0.05) is 29.1 Å². The molecule has 1 aliphatic heterocycles. The summed E-state index contributed by atoms with van der Waals surface area (Å²) < 4.78 is 11.3. The van der Waals surface area contributed by atoms with E-state index in [0.29, 0.717) is 37.6 Å². The number of carbonyl (C=O) groups is 1. The zero-order valence-electron chi connectivity index (χ0n) is 17.1. The molecule has 0 radical (unpaired) electrons. The Labute approximate surface area is 181 Å². The van der Waals surface area contributed by atoms with E-state index in [1.165, 1.54) is 5.56 Å². The number of ether oxygens (including phenoxy) is 1. The largest absolute Gasteiger partial charge is 0.494 e. The average Bonchev–Trinajstić information content (AvgIpc) is 3.21. The Morgan fingerprint density at radius 2 is 1.93 bits per heavy atom. The maximum atomic E-state index is 12.6. The predicted octanol–water partition coefficient (Wildman–Crippen LogP) is 5.30. The minimum atomic E-state index is 0.127. The van der Waals surface area contributed by atoms with Crippen molar-refractivity contribution in [3.63, 3.8) is 0 Å². The Morgan fingerprint density at radius 3 is 2.67 bits per heavy atom. The lowest BCUT2D eigenvalue weighted by Crippen LogP contribution is -2.36. The van der Waals surface area contributed by atoms with Crippen LogP contribution in [-0.2, 0) is 24.2 Å². The molecule has 0 N–H and O–H groups in total. The van der Waals surface area contributed by atoms with Crippen LogP contribution in [0.1, 0.15) is 36.6 Å². The van der Waals surface area contributed by atoms with Gasteiger partial charge in [-0.2, -0.15) is 0 Å². The van der Waals surface area contributed by atoms with Gasteiger partial charge in [0.2, 0.25) is 5.91 Å². The number of hydrogen-bond acceptors (Lipinski definition) is 4. The summed E-state index contributed by atoms with van der Waals surface area (Å²) in [6, 6.07) is 15.6. The topological polar surface area (TPSA) is 55.6 Å². The summed E-state index contributed by atoms with van der Waals surface area (Å²) in [5, 5.41) is 4.90. The number of fused-ring (bicyclic) bond motifs is 1. The van der Waals surface area contributed by atoms with Gasteiger partial charge in [0.25, 0.3) is 0 Å². The molecule has 2 aromatic carbocycles. The summed E-state index contributed by atoms with van der Waals surface area (Å²) in [6.07, 6.45) is 2.90. The lowest BCUT2D eigenvalue weighted by atomic mass is 10.0. The van der Waals surface area contributed by atoms with Crippen LogP contribution in [0.3, 0.4) is 0 Å². The maximum Gasteiger partial charge on any atom is 0.223 e. The molecule has 0 atom stereocenters. The quantitative estimate of drug-likeness (QED) is 0.483. The minimum absolute atomic E-state index is 0.127. The molecule has 1 aromatic heterocycles. The highest BCUT2D eigenvalue weighted by molar-refractivity contribution is 6.30. The van der Waals surface area contributed by atoms with E-state index in [9.17, 15) is 4.79 Å². The first kappa shape index (κ1) is 20.5. The van der Waals surface area contributed by atoms with Gasteiger partial charge in [-0.1, -0.05) is 35.8 Å². The van der Waals surface area contributed by atoms with E-state index < -0.39 is 0 Å². The van der Waals surface area contributed by atoms with Gasteiger partial charge in [-0.3, -0.25) is 4.79 Å². The number of aryl methyl sites for hydroxylation is 1. The van der Waals surface area contributed by atoms with E-state index >= 15 is 0 Å². The Balaban J connectivity index is 1.28. The maximum absolute atomic E-state index is 12.6. The van der Waals surface area contributed by atoms with Gasteiger partial charge in [-0.25, -0.2) is 0 Å². The second kappa shape index (κ2) is 9.35. The van der Waals surface area contributed by atoms with Crippen molar-refractivity contribution in [2.45, 2.75) is 39.2 Å². The highest BCUT2D eigenvalue weighted by Crippen LogP contribution is 2.31. The summed E-state index contributed by atoms with van der Waals surface area (Å²) in [4.78, 5) is 14.5. The molecule has 4 rings (SSSR count). The van der Waals surface area contributed by atoms with Crippen molar-refractivity contribution in [1.82, 2.24) is 10.1 Å². The summed E-state index contributed by atoms with van der Waals surface area (Å²) in [7, 11) is 0. The summed E-state index contributed by atoms with van der Waals surface area (Å²) in [5.74, 6) is 1.75. The van der Waals surface area contributed by atoms with Crippen LogP contribution in [0.2, 0.25) is 5.02 Å². The van der Waals surface area contributed by atoms with Gasteiger partial charge in [-0.05, 0) is 61.2 Å². The van der Waals surface area contributed by atoms with Gasteiger partial charge in [0.1, 0.15) is 11.4 Å². The van der Waals surface area contributed by atoms with Crippen LogP contribution in [0.4, 0.5) is 0 Å². The number of aromatic nitrogens is 1. The van der Waals surface area contributed by atoms with Crippen LogP contribution >= 0.6 is 11.6 Å². The molecule has 0 spiro atoms. The molecule has 1 aliphatic rings. The second-order valence-corrected chi connectivity index (χ2v) is 7.90. The van der Waals surface area contributed by atoms with E-state index in [1.54, 1.807) is 0 Å². The van der Waals surface area contributed by atoms with Crippen LogP contribution in [0.25, 0.3) is 11.3 Å². The lowest BCUT2D eigenvalue weighted by Gasteiger charge is -2.26. The molecule has 0 aliphatic carbocycles. The van der Waals surface area contributed by atoms with Crippen molar-refractivity contribution in [2.24, 2.45) is 0 Å². The molecule has 6 heteroatoms. The monoisotopic (exact) mass is 424 g/mol. The van der Waals surface area contributed by atoms with Gasteiger partial charge in [0.05, 0.1) is 13.2 Å². The van der Waals surface area contributed by atoms with Crippen LogP contribution in [0.5, 0.6) is 5.75 Å². The van der Waals surface area contributed by atoms with Crippen molar-refractivity contribution in [2.75, 3.05) is 13.2 Å². The molecule has 0 saturated heterocycles. The molecule has 0 bridgehead atoms. The van der Waals surface area contributed by atoms with Crippen molar-refractivity contribution in [3.8, 4) is 17.1 Å². The molecule has 5 nitrogen and oxygen atoms in total. The standard InChI is InChI=1S/C24H25ClN2O3/c1-2-17-5-11-20(12-6-17)29-15-3-4-23(28)27-14-13-21-22(16-27)26-30-24(21)18-7-9-19(25)10-8-18/h5-12H,2-4,13-16H2,1H3. The third kappa shape index (κ3) is 4.68. The molecule has 0 saturated carbocycles. The third-order valence-corrected chi connectivity index (χ3v) is 5.69. The van der Waals surface area contributed by atoms with Gasteiger partial charge in [0.15, 0.2) is 5.76 Å². The van der Waals surface area contributed by atoms with E-state index in [-0.39, 0.29) is 5.91 Å². The Kier molecular flexibility index (Phi) is 6.38. The Bertz CT molecular complexity index is 996. The highest BCUT2D eigenvalue weighted by Gasteiger charge is 2.26. The fourth-order valence-electron chi connectivity index (χ4n) is 3.66. The average molecular weight is 425 g/mol. The minimum Gasteiger partial charge on any atom is -0.494 e. The zero-order chi connectivity index (χ0) is 20.9. The van der Waals surface area contributed by atoms with Crippen molar-refractivity contribution in [3.05, 3.63) is 70.4 Å². The van der Waals surface area contributed by atoms with Gasteiger partial charge < -0.3 is 14.2 Å². The SMILES string of the molecule is CCc1ccc(OCCCC(=O)N2CCc3c(noc3-c3ccc(Cl)cc3)C2)cc1. The number of rotatable bonds is 7. The van der Waals surface area contributed by atoms with Crippen molar-refractivity contribution in [1.29, 1.82) is 0 Å². The van der Waals surface area contributed by atoms with E-state index in [2.05, 4.69) is 24.2 Å². The molecular weight excluding hydrogens is 400 g/mol. The van der Waals surface area contributed by atoms with E-state index in [4.69, 9.17) is 20.9 Å². The molecular formula is C24H25ClN2O3.